The minimum atomic E-state index is -0.0532. The molecular formula is C13H17ClN2O2. The fraction of sp³-hybridized carbons (Fsp3) is 0.538. The van der Waals surface area contributed by atoms with E-state index in [0.29, 0.717) is 23.0 Å². The predicted octanol–water partition coefficient (Wildman–Crippen LogP) is 2.23. The fourth-order valence-electron chi connectivity index (χ4n) is 2.10. The highest BCUT2D eigenvalue weighted by atomic mass is 35.5. The second kappa shape index (κ2) is 6.16. The number of amides is 1. The van der Waals surface area contributed by atoms with Crippen LogP contribution in [0.4, 0.5) is 0 Å². The minimum absolute atomic E-state index is 0.0532. The standard InChI is InChI=1S/C13H17ClN2O2/c1-2-16(8-10-4-6-18-9-10)13(17)11-7-15-5-3-12(11)14/h3,5,7,10H,2,4,6,8-9H2,1H3. The number of aromatic nitrogens is 1. The van der Waals surface area contributed by atoms with Gasteiger partial charge in [0.1, 0.15) is 0 Å². The molecule has 0 radical (unpaired) electrons. The molecule has 18 heavy (non-hydrogen) atoms. The highest BCUT2D eigenvalue weighted by Crippen LogP contribution is 2.19. The lowest BCUT2D eigenvalue weighted by atomic mass is 10.1. The van der Waals surface area contributed by atoms with Gasteiger partial charge < -0.3 is 9.64 Å². The predicted molar refractivity (Wildman–Crippen MR) is 69.8 cm³/mol. The summed E-state index contributed by atoms with van der Waals surface area (Å²) in [5, 5.41) is 0.455. The smallest absolute Gasteiger partial charge is 0.256 e. The summed E-state index contributed by atoms with van der Waals surface area (Å²) in [6, 6.07) is 1.64. The molecule has 1 atom stereocenters. The summed E-state index contributed by atoms with van der Waals surface area (Å²) >= 11 is 6.02. The van der Waals surface area contributed by atoms with Crippen LogP contribution in [0.25, 0.3) is 0 Å². The first-order chi connectivity index (χ1) is 8.72. The number of hydrogen-bond donors (Lipinski definition) is 0. The molecule has 1 amide bonds. The maximum atomic E-state index is 12.3. The van der Waals surface area contributed by atoms with Crippen molar-refractivity contribution in [2.45, 2.75) is 13.3 Å². The van der Waals surface area contributed by atoms with Gasteiger partial charge in [-0.2, -0.15) is 0 Å². The second-order valence-corrected chi connectivity index (χ2v) is 4.84. The zero-order valence-electron chi connectivity index (χ0n) is 10.4. The SMILES string of the molecule is CCN(CC1CCOC1)C(=O)c1cnccc1Cl. The molecule has 0 bridgehead atoms. The van der Waals surface area contributed by atoms with Crippen molar-refractivity contribution in [3.05, 3.63) is 29.0 Å². The summed E-state index contributed by atoms with van der Waals surface area (Å²) in [5.74, 6) is 0.381. The summed E-state index contributed by atoms with van der Waals surface area (Å²) in [4.78, 5) is 18.1. The average molecular weight is 269 g/mol. The summed E-state index contributed by atoms with van der Waals surface area (Å²) in [6.07, 6.45) is 4.13. The Kier molecular flexibility index (Phi) is 4.55. The van der Waals surface area contributed by atoms with Crippen LogP contribution in [-0.2, 0) is 4.74 Å². The van der Waals surface area contributed by atoms with E-state index in [0.717, 1.165) is 26.2 Å². The number of nitrogens with zero attached hydrogens (tertiary/aromatic N) is 2. The Bertz CT molecular complexity index is 419. The Morgan fingerprint density at radius 2 is 2.50 bits per heavy atom. The number of halogens is 1. The maximum Gasteiger partial charge on any atom is 0.256 e. The number of carbonyl (C=O) groups is 1. The third-order valence-electron chi connectivity index (χ3n) is 3.17. The van der Waals surface area contributed by atoms with Crippen LogP contribution >= 0.6 is 11.6 Å². The van der Waals surface area contributed by atoms with Gasteiger partial charge in [0, 0.05) is 38.0 Å². The van der Waals surface area contributed by atoms with Crippen molar-refractivity contribution in [2.75, 3.05) is 26.3 Å². The number of rotatable bonds is 4. The summed E-state index contributed by atoms with van der Waals surface area (Å²) in [6.45, 7) is 4.90. The van der Waals surface area contributed by atoms with E-state index in [1.165, 1.54) is 6.20 Å². The van der Waals surface area contributed by atoms with Crippen molar-refractivity contribution in [3.63, 3.8) is 0 Å². The number of ether oxygens (including phenoxy) is 1. The summed E-state index contributed by atoms with van der Waals surface area (Å²) < 4.78 is 5.34. The Morgan fingerprint density at radius 1 is 1.67 bits per heavy atom. The quantitative estimate of drug-likeness (QED) is 0.841. The van der Waals surface area contributed by atoms with Crippen LogP contribution in [0.15, 0.2) is 18.5 Å². The van der Waals surface area contributed by atoms with Crippen LogP contribution in [0.2, 0.25) is 5.02 Å². The van der Waals surface area contributed by atoms with Gasteiger partial charge in [-0.25, -0.2) is 0 Å². The van der Waals surface area contributed by atoms with Gasteiger partial charge in [0.2, 0.25) is 0 Å². The van der Waals surface area contributed by atoms with Gasteiger partial charge in [0.15, 0.2) is 0 Å². The molecule has 0 N–H and O–H groups in total. The molecule has 4 nitrogen and oxygen atoms in total. The first-order valence-electron chi connectivity index (χ1n) is 6.19. The van der Waals surface area contributed by atoms with Crippen molar-refractivity contribution in [1.29, 1.82) is 0 Å². The van der Waals surface area contributed by atoms with Crippen molar-refractivity contribution in [2.24, 2.45) is 5.92 Å². The molecule has 0 aliphatic carbocycles. The van der Waals surface area contributed by atoms with E-state index in [-0.39, 0.29) is 5.91 Å². The van der Waals surface area contributed by atoms with Gasteiger partial charge in [-0.15, -0.1) is 0 Å². The molecular weight excluding hydrogens is 252 g/mol. The molecule has 1 aromatic rings. The third kappa shape index (κ3) is 3.00. The molecule has 1 fully saturated rings. The van der Waals surface area contributed by atoms with E-state index >= 15 is 0 Å². The molecule has 1 aliphatic rings. The third-order valence-corrected chi connectivity index (χ3v) is 3.50. The molecule has 2 heterocycles. The molecule has 98 valence electrons. The molecule has 1 saturated heterocycles. The van der Waals surface area contributed by atoms with Gasteiger partial charge in [-0.05, 0) is 19.4 Å². The molecule has 0 spiro atoms. The lowest BCUT2D eigenvalue weighted by molar-refractivity contribution is 0.0730. The average Bonchev–Trinajstić information content (AvgIpc) is 2.88. The van der Waals surface area contributed by atoms with Gasteiger partial charge in [0.05, 0.1) is 17.2 Å². The molecule has 1 aromatic heterocycles. The van der Waals surface area contributed by atoms with Crippen molar-refractivity contribution >= 4 is 17.5 Å². The zero-order valence-corrected chi connectivity index (χ0v) is 11.2. The second-order valence-electron chi connectivity index (χ2n) is 4.43. The normalized spacial score (nSPS) is 18.9. The van der Waals surface area contributed by atoms with E-state index in [1.54, 1.807) is 12.3 Å². The molecule has 0 saturated carbocycles. The van der Waals surface area contributed by atoms with Crippen LogP contribution in [0.5, 0.6) is 0 Å². The van der Waals surface area contributed by atoms with Crippen molar-refractivity contribution in [1.82, 2.24) is 9.88 Å². The monoisotopic (exact) mass is 268 g/mol. The van der Waals surface area contributed by atoms with Crippen LogP contribution < -0.4 is 0 Å². The Hall–Kier alpha value is -1.13. The molecule has 0 aromatic carbocycles. The molecule has 2 rings (SSSR count). The lowest BCUT2D eigenvalue weighted by Crippen LogP contribution is -2.35. The highest BCUT2D eigenvalue weighted by Gasteiger charge is 2.23. The van der Waals surface area contributed by atoms with Crippen LogP contribution in [0.1, 0.15) is 23.7 Å². The van der Waals surface area contributed by atoms with Crippen molar-refractivity contribution < 1.29 is 9.53 Å². The zero-order chi connectivity index (χ0) is 13.0. The number of hydrogen-bond acceptors (Lipinski definition) is 3. The van der Waals surface area contributed by atoms with E-state index in [9.17, 15) is 4.79 Å². The van der Waals surface area contributed by atoms with Crippen LogP contribution in [0, 0.1) is 5.92 Å². The highest BCUT2D eigenvalue weighted by molar-refractivity contribution is 6.33. The number of pyridine rings is 1. The number of carbonyl (C=O) groups excluding carboxylic acids is 1. The first kappa shape index (κ1) is 13.3. The first-order valence-corrected chi connectivity index (χ1v) is 6.56. The van der Waals surface area contributed by atoms with Crippen LogP contribution in [-0.4, -0.2) is 42.1 Å². The largest absolute Gasteiger partial charge is 0.381 e. The van der Waals surface area contributed by atoms with E-state index in [4.69, 9.17) is 16.3 Å². The summed E-state index contributed by atoms with van der Waals surface area (Å²) in [7, 11) is 0. The van der Waals surface area contributed by atoms with E-state index in [1.807, 2.05) is 11.8 Å². The van der Waals surface area contributed by atoms with Gasteiger partial charge in [0.25, 0.3) is 5.91 Å². The molecule has 1 unspecified atom stereocenters. The fourth-order valence-corrected chi connectivity index (χ4v) is 2.29. The molecule has 1 aliphatic heterocycles. The Balaban J connectivity index is 2.07. The van der Waals surface area contributed by atoms with Gasteiger partial charge in [-0.1, -0.05) is 11.6 Å². The van der Waals surface area contributed by atoms with E-state index < -0.39 is 0 Å². The van der Waals surface area contributed by atoms with Gasteiger partial charge in [-0.3, -0.25) is 9.78 Å². The van der Waals surface area contributed by atoms with E-state index in [2.05, 4.69) is 4.98 Å². The Morgan fingerprint density at radius 3 is 3.11 bits per heavy atom. The Labute approximate surface area is 112 Å². The topological polar surface area (TPSA) is 42.4 Å². The minimum Gasteiger partial charge on any atom is -0.381 e. The van der Waals surface area contributed by atoms with Crippen molar-refractivity contribution in [3.8, 4) is 0 Å². The maximum absolute atomic E-state index is 12.3. The lowest BCUT2D eigenvalue weighted by Gasteiger charge is -2.24. The molecule has 5 heteroatoms. The summed E-state index contributed by atoms with van der Waals surface area (Å²) in [5.41, 5.74) is 0.472. The van der Waals surface area contributed by atoms with Gasteiger partial charge >= 0.3 is 0 Å². The van der Waals surface area contributed by atoms with Crippen LogP contribution in [0.3, 0.4) is 0 Å².